The maximum Gasteiger partial charge on any atom is 0.266 e. The molecule has 1 N–H and O–H groups in total. The molecule has 1 aliphatic carbocycles. The zero-order valence-corrected chi connectivity index (χ0v) is 21.2. The van der Waals surface area contributed by atoms with Gasteiger partial charge in [0.15, 0.2) is 9.84 Å². The van der Waals surface area contributed by atoms with Crippen molar-refractivity contribution in [3.05, 3.63) is 59.0 Å². The number of fused-ring (bicyclic) bond motifs is 1. The Morgan fingerprint density at radius 2 is 1.75 bits per heavy atom. The first-order valence-electron chi connectivity index (χ1n) is 11.8. The number of sulfone groups is 1. The van der Waals surface area contributed by atoms with Gasteiger partial charge in [0, 0.05) is 55.7 Å². The van der Waals surface area contributed by atoms with Gasteiger partial charge in [-0.05, 0) is 37.8 Å². The van der Waals surface area contributed by atoms with Gasteiger partial charge in [-0.15, -0.1) is 5.10 Å². The van der Waals surface area contributed by atoms with E-state index < -0.39 is 9.84 Å². The molecule has 3 heterocycles. The molecule has 11 heteroatoms. The molecule has 4 aromatic rings. The predicted octanol–water partition coefficient (Wildman–Crippen LogP) is 3.20. The van der Waals surface area contributed by atoms with Crippen molar-refractivity contribution >= 4 is 26.6 Å². The summed E-state index contributed by atoms with van der Waals surface area (Å²) in [6.45, 7) is 0. The number of rotatable bonds is 6. The van der Waals surface area contributed by atoms with E-state index in [-0.39, 0.29) is 22.6 Å². The van der Waals surface area contributed by atoms with Crippen molar-refractivity contribution in [3.8, 4) is 17.1 Å². The van der Waals surface area contributed by atoms with Crippen LogP contribution in [0.15, 0.2) is 58.4 Å². The molecule has 188 valence electrons. The van der Waals surface area contributed by atoms with Gasteiger partial charge in [0.1, 0.15) is 17.6 Å². The smallest absolute Gasteiger partial charge is 0.266 e. The molecule has 0 unspecified atom stereocenters. The van der Waals surface area contributed by atoms with Crippen LogP contribution in [0.25, 0.3) is 22.2 Å². The van der Waals surface area contributed by atoms with E-state index in [1.165, 1.54) is 17.0 Å². The Labute approximate surface area is 208 Å². The highest BCUT2D eigenvalue weighted by atomic mass is 32.2. The molecule has 5 rings (SSSR count). The Balaban J connectivity index is 1.42. The summed E-state index contributed by atoms with van der Waals surface area (Å²) in [6, 6.07) is 12.1. The summed E-state index contributed by atoms with van der Waals surface area (Å²) in [5, 5.41) is 13.2. The van der Waals surface area contributed by atoms with Crippen LogP contribution in [-0.4, -0.2) is 52.4 Å². The molecule has 1 fully saturated rings. The monoisotopic (exact) mass is 508 g/mol. The van der Waals surface area contributed by atoms with Crippen LogP contribution in [0, 0.1) is 0 Å². The molecule has 0 radical (unpaired) electrons. The second kappa shape index (κ2) is 9.38. The molecular formula is C25H28N6O4S. The first-order chi connectivity index (χ1) is 17.2. The summed E-state index contributed by atoms with van der Waals surface area (Å²) < 4.78 is 33.1. The van der Waals surface area contributed by atoms with Crippen molar-refractivity contribution < 1.29 is 13.2 Å². The maximum atomic E-state index is 11.9. The fourth-order valence-electron chi connectivity index (χ4n) is 4.64. The lowest BCUT2D eigenvalue weighted by Gasteiger charge is -2.29. The number of ether oxygens (including phenoxy) is 1. The second-order valence-corrected chi connectivity index (χ2v) is 11.1. The number of aromatic nitrogens is 5. The molecule has 3 aromatic heterocycles. The minimum absolute atomic E-state index is 0.0191. The largest absolute Gasteiger partial charge is 0.473 e. The molecule has 0 atom stereocenters. The number of pyridine rings is 1. The Morgan fingerprint density at radius 3 is 2.39 bits per heavy atom. The van der Waals surface area contributed by atoms with Crippen molar-refractivity contribution in [2.75, 3.05) is 18.6 Å². The average Bonchev–Trinajstić information content (AvgIpc) is 3.25. The van der Waals surface area contributed by atoms with E-state index in [1.54, 1.807) is 37.4 Å². The number of nitrogens with one attached hydrogen (secondary N) is 1. The Morgan fingerprint density at radius 1 is 1.03 bits per heavy atom. The van der Waals surface area contributed by atoms with Crippen molar-refractivity contribution in [1.82, 2.24) is 24.5 Å². The third-order valence-corrected chi connectivity index (χ3v) is 7.75. The summed E-state index contributed by atoms with van der Waals surface area (Å²) >= 11 is 0. The van der Waals surface area contributed by atoms with Crippen molar-refractivity contribution in [2.24, 2.45) is 7.05 Å². The van der Waals surface area contributed by atoms with Gasteiger partial charge in [0.25, 0.3) is 5.56 Å². The standard InChI is InChI=1S/C25H28N6O4S/c1-26-22-14-21-20(15-27-22)25(16-4-10-19(11-5-16)36(3,33)34)29-31(21)17-6-8-18(9-7-17)35-23-12-13-24(32)30(2)28-23/h4-5,10-15,17-18H,6-9H2,1-3H3,(H,26,27). The minimum atomic E-state index is -3.28. The molecule has 0 aliphatic heterocycles. The van der Waals surface area contributed by atoms with Crippen LogP contribution in [0.4, 0.5) is 5.82 Å². The van der Waals surface area contributed by atoms with Crippen molar-refractivity contribution in [3.63, 3.8) is 0 Å². The summed E-state index contributed by atoms with van der Waals surface area (Å²) in [6.07, 6.45) is 6.44. The zero-order valence-electron chi connectivity index (χ0n) is 20.4. The van der Waals surface area contributed by atoms with Gasteiger partial charge in [-0.3, -0.25) is 9.48 Å². The van der Waals surface area contributed by atoms with Crippen LogP contribution in [0.3, 0.4) is 0 Å². The van der Waals surface area contributed by atoms with Gasteiger partial charge in [0.05, 0.1) is 16.5 Å². The second-order valence-electron chi connectivity index (χ2n) is 9.11. The highest BCUT2D eigenvalue weighted by Gasteiger charge is 2.27. The van der Waals surface area contributed by atoms with Crippen molar-refractivity contribution in [1.29, 1.82) is 0 Å². The molecule has 0 saturated heterocycles. The third-order valence-electron chi connectivity index (χ3n) is 6.62. The number of hydrogen-bond donors (Lipinski definition) is 1. The topological polar surface area (TPSA) is 121 Å². The SMILES string of the molecule is CNc1cc2c(cn1)c(-c1ccc(S(C)(=O)=O)cc1)nn2C1CCC(Oc2ccc(=O)n(C)n2)CC1. The molecule has 1 saturated carbocycles. The molecule has 36 heavy (non-hydrogen) atoms. The highest BCUT2D eigenvalue weighted by molar-refractivity contribution is 7.90. The fourth-order valence-corrected chi connectivity index (χ4v) is 5.27. The molecule has 0 spiro atoms. The zero-order chi connectivity index (χ0) is 25.4. The number of nitrogens with zero attached hydrogens (tertiary/aromatic N) is 5. The summed E-state index contributed by atoms with van der Waals surface area (Å²) in [4.78, 5) is 16.3. The van der Waals surface area contributed by atoms with E-state index in [1.807, 2.05) is 19.3 Å². The van der Waals surface area contributed by atoms with Crippen LogP contribution < -0.4 is 15.6 Å². The van der Waals surface area contributed by atoms with Gasteiger partial charge in [0.2, 0.25) is 5.88 Å². The lowest BCUT2D eigenvalue weighted by atomic mass is 9.93. The van der Waals surface area contributed by atoms with Gasteiger partial charge in [-0.2, -0.15) is 5.10 Å². The van der Waals surface area contributed by atoms with E-state index in [4.69, 9.17) is 9.84 Å². The summed E-state index contributed by atoms with van der Waals surface area (Å²) in [5.74, 6) is 1.20. The molecule has 0 bridgehead atoms. The number of hydrogen-bond acceptors (Lipinski definition) is 8. The first kappa shape index (κ1) is 24.0. The van der Waals surface area contributed by atoms with Gasteiger partial charge in [-0.1, -0.05) is 12.1 Å². The molecule has 1 aromatic carbocycles. The molecule has 1 aliphatic rings. The summed E-state index contributed by atoms with van der Waals surface area (Å²) in [7, 11) is 0.159. The number of aryl methyl sites for hydroxylation is 1. The maximum absolute atomic E-state index is 11.9. The van der Waals surface area contributed by atoms with Gasteiger partial charge < -0.3 is 10.1 Å². The number of benzene rings is 1. The first-order valence-corrected chi connectivity index (χ1v) is 13.7. The Hall–Kier alpha value is -3.73. The molecule has 10 nitrogen and oxygen atoms in total. The lowest BCUT2D eigenvalue weighted by molar-refractivity contribution is 0.123. The van der Waals surface area contributed by atoms with E-state index in [2.05, 4.69) is 20.1 Å². The molecule has 0 amide bonds. The third kappa shape index (κ3) is 4.70. The van der Waals surface area contributed by atoms with E-state index in [0.29, 0.717) is 5.88 Å². The average molecular weight is 509 g/mol. The normalized spacial score (nSPS) is 18.3. The number of anilines is 1. The van der Waals surface area contributed by atoms with Crippen LogP contribution in [0.1, 0.15) is 31.7 Å². The minimum Gasteiger partial charge on any atom is -0.473 e. The fraction of sp³-hybridized carbons (Fsp3) is 0.360. The Bertz CT molecular complexity index is 1570. The quantitative estimate of drug-likeness (QED) is 0.422. The van der Waals surface area contributed by atoms with Crippen LogP contribution in [-0.2, 0) is 16.9 Å². The molecular weight excluding hydrogens is 480 g/mol. The predicted molar refractivity (Wildman–Crippen MR) is 137 cm³/mol. The van der Waals surface area contributed by atoms with E-state index in [0.717, 1.165) is 53.7 Å². The van der Waals surface area contributed by atoms with Crippen LogP contribution in [0.5, 0.6) is 5.88 Å². The van der Waals surface area contributed by atoms with Crippen LogP contribution in [0.2, 0.25) is 0 Å². The van der Waals surface area contributed by atoms with E-state index >= 15 is 0 Å². The van der Waals surface area contributed by atoms with Gasteiger partial charge >= 0.3 is 0 Å². The van der Waals surface area contributed by atoms with Crippen LogP contribution >= 0.6 is 0 Å². The lowest BCUT2D eigenvalue weighted by Crippen LogP contribution is -2.27. The van der Waals surface area contributed by atoms with E-state index in [9.17, 15) is 13.2 Å². The van der Waals surface area contributed by atoms with Crippen molar-refractivity contribution in [2.45, 2.75) is 42.7 Å². The summed E-state index contributed by atoms with van der Waals surface area (Å²) in [5.41, 5.74) is 2.41. The van der Waals surface area contributed by atoms with Gasteiger partial charge in [-0.25, -0.2) is 18.1 Å². The Kier molecular flexibility index (Phi) is 6.25. The highest BCUT2D eigenvalue weighted by Crippen LogP contribution is 2.36.